The van der Waals surface area contributed by atoms with Gasteiger partial charge in [0.15, 0.2) is 0 Å². The lowest BCUT2D eigenvalue weighted by atomic mass is 10.0. The Morgan fingerprint density at radius 3 is 2.60 bits per heavy atom. The minimum atomic E-state index is 0.219. The molecule has 1 heterocycles. The molecule has 0 amide bonds. The average molecular weight is 138 g/mol. The van der Waals surface area contributed by atoms with Crippen LogP contribution in [0.4, 0.5) is 0 Å². The topological polar surface area (TPSA) is 17.8 Å². The second-order valence-electron chi connectivity index (χ2n) is 3.14. The summed E-state index contributed by atoms with van der Waals surface area (Å²) in [6, 6.07) is 0. The lowest BCUT2D eigenvalue weighted by Gasteiger charge is -2.24. The molecule has 2 nitrogen and oxygen atoms in total. The predicted molar refractivity (Wildman–Crippen MR) is 41.8 cm³/mol. The Hall–Kier alpha value is -0.790. The molecule has 56 valence electrons. The van der Waals surface area contributed by atoms with E-state index >= 15 is 0 Å². The molecule has 1 aromatic heterocycles. The second-order valence-corrected chi connectivity index (χ2v) is 3.14. The van der Waals surface area contributed by atoms with Crippen LogP contribution in [0.1, 0.15) is 27.2 Å². The van der Waals surface area contributed by atoms with Crippen LogP contribution in [0.2, 0.25) is 0 Å². The molecule has 1 rings (SSSR count). The Labute approximate surface area is 61.9 Å². The average Bonchev–Trinajstić information content (AvgIpc) is 2.38. The van der Waals surface area contributed by atoms with Gasteiger partial charge in [0.05, 0.1) is 6.33 Å². The fraction of sp³-hybridized carbons (Fsp3) is 0.625. The van der Waals surface area contributed by atoms with Crippen LogP contribution in [-0.2, 0) is 5.54 Å². The first-order valence-electron chi connectivity index (χ1n) is 3.65. The van der Waals surface area contributed by atoms with Crippen molar-refractivity contribution in [3.8, 4) is 0 Å². The molecule has 0 aliphatic rings. The molecule has 0 atom stereocenters. The van der Waals surface area contributed by atoms with E-state index < -0.39 is 0 Å². The largest absolute Gasteiger partial charge is 0.332 e. The Morgan fingerprint density at radius 1 is 1.50 bits per heavy atom. The first kappa shape index (κ1) is 7.32. The Bertz CT molecular complexity index is 187. The predicted octanol–water partition coefficient (Wildman–Crippen LogP) is 2.03. The lowest BCUT2D eigenvalue weighted by molar-refractivity contribution is 0.342. The summed E-state index contributed by atoms with van der Waals surface area (Å²) in [7, 11) is 0. The third-order valence-corrected chi connectivity index (χ3v) is 2.07. The van der Waals surface area contributed by atoms with Crippen molar-refractivity contribution >= 4 is 0 Å². The summed E-state index contributed by atoms with van der Waals surface area (Å²) in [5.41, 5.74) is 0.219. The molecule has 0 N–H and O–H groups in total. The first-order valence-corrected chi connectivity index (χ1v) is 3.65. The van der Waals surface area contributed by atoms with E-state index in [1.807, 2.05) is 18.7 Å². The van der Waals surface area contributed by atoms with Crippen LogP contribution in [0.5, 0.6) is 0 Å². The molecular formula is C8H14N2. The van der Waals surface area contributed by atoms with Gasteiger partial charge in [-0.2, -0.15) is 0 Å². The lowest BCUT2D eigenvalue weighted by Crippen LogP contribution is -2.23. The summed E-state index contributed by atoms with van der Waals surface area (Å²) in [4.78, 5) is 4.00. The summed E-state index contributed by atoms with van der Waals surface area (Å²) in [6.45, 7) is 6.59. The van der Waals surface area contributed by atoms with Crippen LogP contribution in [0.15, 0.2) is 18.7 Å². The van der Waals surface area contributed by atoms with E-state index in [0.717, 1.165) is 6.42 Å². The molecule has 0 aliphatic carbocycles. The minimum Gasteiger partial charge on any atom is -0.332 e. The molecule has 0 radical (unpaired) electrons. The Morgan fingerprint density at radius 2 is 2.20 bits per heavy atom. The SMILES string of the molecule is CCC(C)(C)n1ccnc1. The van der Waals surface area contributed by atoms with Gasteiger partial charge in [0.2, 0.25) is 0 Å². The molecule has 0 aliphatic heterocycles. The van der Waals surface area contributed by atoms with Crippen LogP contribution in [0.25, 0.3) is 0 Å². The number of rotatable bonds is 2. The highest BCUT2D eigenvalue weighted by Gasteiger charge is 2.15. The third-order valence-electron chi connectivity index (χ3n) is 2.07. The number of nitrogens with zero attached hydrogens (tertiary/aromatic N) is 2. The Kier molecular flexibility index (Phi) is 1.79. The highest BCUT2D eigenvalue weighted by Crippen LogP contribution is 2.17. The maximum atomic E-state index is 4.00. The van der Waals surface area contributed by atoms with Gasteiger partial charge in [-0.15, -0.1) is 0 Å². The molecule has 0 spiro atoms. The minimum absolute atomic E-state index is 0.219. The summed E-state index contributed by atoms with van der Waals surface area (Å²) < 4.78 is 2.13. The van der Waals surface area contributed by atoms with Crippen molar-refractivity contribution in [2.45, 2.75) is 32.7 Å². The van der Waals surface area contributed by atoms with Gasteiger partial charge in [-0.3, -0.25) is 0 Å². The van der Waals surface area contributed by atoms with E-state index in [-0.39, 0.29) is 5.54 Å². The molecule has 1 aromatic rings. The van der Waals surface area contributed by atoms with Crippen molar-refractivity contribution < 1.29 is 0 Å². The highest BCUT2D eigenvalue weighted by atomic mass is 15.1. The number of hydrogen-bond acceptors (Lipinski definition) is 1. The zero-order valence-corrected chi connectivity index (χ0v) is 6.83. The summed E-state index contributed by atoms with van der Waals surface area (Å²) in [6.07, 6.45) is 6.81. The van der Waals surface area contributed by atoms with Crippen LogP contribution >= 0.6 is 0 Å². The van der Waals surface area contributed by atoms with Gasteiger partial charge in [0, 0.05) is 17.9 Å². The van der Waals surface area contributed by atoms with Gasteiger partial charge in [0.1, 0.15) is 0 Å². The van der Waals surface area contributed by atoms with Crippen molar-refractivity contribution in [2.24, 2.45) is 0 Å². The summed E-state index contributed by atoms with van der Waals surface area (Å²) in [5.74, 6) is 0. The van der Waals surface area contributed by atoms with Crippen LogP contribution in [0.3, 0.4) is 0 Å². The second kappa shape index (κ2) is 2.45. The van der Waals surface area contributed by atoms with Crippen molar-refractivity contribution in [2.75, 3.05) is 0 Å². The zero-order valence-electron chi connectivity index (χ0n) is 6.83. The smallest absolute Gasteiger partial charge is 0.0950 e. The maximum Gasteiger partial charge on any atom is 0.0950 e. The Balaban J connectivity index is 2.85. The highest BCUT2D eigenvalue weighted by molar-refractivity contribution is 4.84. The third kappa shape index (κ3) is 1.20. The van der Waals surface area contributed by atoms with Crippen LogP contribution in [0, 0.1) is 0 Å². The normalized spacial score (nSPS) is 11.9. The molecule has 2 heteroatoms. The van der Waals surface area contributed by atoms with Gasteiger partial charge in [-0.25, -0.2) is 4.98 Å². The number of aromatic nitrogens is 2. The van der Waals surface area contributed by atoms with Gasteiger partial charge >= 0.3 is 0 Å². The van der Waals surface area contributed by atoms with E-state index in [9.17, 15) is 0 Å². The van der Waals surface area contributed by atoms with Crippen molar-refractivity contribution in [3.05, 3.63) is 18.7 Å². The maximum absolute atomic E-state index is 4.00. The van der Waals surface area contributed by atoms with Gasteiger partial charge < -0.3 is 4.57 Å². The molecular weight excluding hydrogens is 124 g/mol. The molecule has 10 heavy (non-hydrogen) atoms. The molecule has 0 fully saturated rings. The standard InChI is InChI=1S/C8H14N2/c1-4-8(2,3)10-6-5-9-7-10/h5-7H,4H2,1-3H3. The first-order chi connectivity index (χ1) is 4.67. The molecule has 0 aromatic carbocycles. The quantitative estimate of drug-likeness (QED) is 0.611. The van der Waals surface area contributed by atoms with Gasteiger partial charge in [-0.1, -0.05) is 6.92 Å². The number of hydrogen-bond donors (Lipinski definition) is 0. The fourth-order valence-corrected chi connectivity index (χ4v) is 0.800. The fourth-order valence-electron chi connectivity index (χ4n) is 0.800. The molecule has 0 unspecified atom stereocenters. The van der Waals surface area contributed by atoms with Crippen molar-refractivity contribution in [3.63, 3.8) is 0 Å². The van der Waals surface area contributed by atoms with E-state index in [2.05, 4.69) is 30.3 Å². The van der Waals surface area contributed by atoms with E-state index in [4.69, 9.17) is 0 Å². The van der Waals surface area contributed by atoms with Crippen molar-refractivity contribution in [1.82, 2.24) is 9.55 Å². The zero-order chi connectivity index (χ0) is 7.61. The van der Waals surface area contributed by atoms with Gasteiger partial charge in [0.25, 0.3) is 0 Å². The van der Waals surface area contributed by atoms with Crippen LogP contribution < -0.4 is 0 Å². The summed E-state index contributed by atoms with van der Waals surface area (Å²) >= 11 is 0. The molecule has 0 bridgehead atoms. The van der Waals surface area contributed by atoms with E-state index in [0.29, 0.717) is 0 Å². The van der Waals surface area contributed by atoms with Gasteiger partial charge in [-0.05, 0) is 20.3 Å². The summed E-state index contributed by atoms with van der Waals surface area (Å²) in [5, 5.41) is 0. The molecule has 0 saturated carbocycles. The van der Waals surface area contributed by atoms with Crippen molar-refractivity contribution in [1.29, 1.82) is 0 Å². The van der Waals surface area contributed by atoms with E-state index in [1.54, 1.807) is 0 Å². The monoisotopic (exact) mass is 138 g/mol. The number of imidazole rings is 1. The van der Waals surface area contributed by atoms with Crippen LogP contribution in [-0.4, -0.2) is 9.55 Å². The van der Waals surface area contributed by atoms with E-state index in [1.165, 1.54) is 0 Å². The molecule has 0 saturated heterocycles.